The Morgan fingerprint density at radius 1 is 1.32 bits per heavy atom. The summed E-state index contributed by atoms with van der Waals surface area (Å²) in [4.78, 5) is 11.5. The van der Waals surface area contributed by atoms with Crippen molar-refractivity contribution in [2.45, 2.75) is 65.1 Å². The van der Waals surface area contributed by atoms with Gasteiger partial charge in [-0.1, -0.05) is 27.2 Å². The quantitative estimate of drug-likeness (QED) is 0.782. The van der Waals surface area contributed by atoms with Crippen molar-refractivity contribution in [3.05, 3.63) is 18.0 Å². The van der Waals surface area contributed by atoms with Gasteiger partial charge in [0.2, 0.25) is 5.95 Å². The first-order valence-electron chi connectivity index (χ1n) is 7.51. The molecule has 0 bridgehead atoms. The van der Waals surface area contributed by atoms with Crippen molar-refractivity contribution in [3.8, 4) is 0 Å². The molecule has 0 aromatic carbocycles. The van der Waals surface area contributed by atoms with Gasteiger partial charge in [0.15, 0.2) is 0 Å². The average molecular weight is 262 g/mol. The van der Waals surface area contributed by atoms with E-state index >= 15 is 0 Å². The Morgan fingerprint density at radius 2 is 2.00 bits per heavy atom. The third-order valence-corrected chi connectivity index (χ3v) is 3.40. The Labute approximate surface area is 116 Å². The molecule has 1 N–H and O–H groups in total. The molecule has 0 aliphatic heterocycles. The van der Waals surface area contributed by atoms with Crippen LogP contribution in [0.2, 0.25) is 0 Å². The molecule has 0 atom stereocenters. The van der Waals surface area contributed by atoms with Gasteiger partial charge >= 0.3 is 0 Å². The van der Waals surface area contributed by atoms with Gasteiger partial charge in [0, 0.05) is 43.1 Å². The Kier molecular flexibility index (Phi) is 5.14. The van der Waals surface area contributed by atoms with Crippen LogP contribution in [0.4, 0.5) is 5.95 Å². The van der Waals surface area contributed by atoms with Gasteiger partial charge in [-0.05, 0) is 19.3 Å². The topological polar surface area (TPSA) is 41.1 Å². The molecule has 1 aliphatic rings. The molecule has 0 spiro atoms. The first kappa shape index (κ1) is 14.3. The number of anilines is 1. The number of aromatic nitrogens is 2. The molecule has 19 heavy (non-hydrogen) atoms. The number of hydrogen-bond acceptors (Lipinski definition) is 4. The fraction of sp³-hybridized carbons (Fsp3) is 0.733. The molecule has 0 saturated heterocycles. The molecule has 4 nitrogen and oxygen atoms in total. The van der Waals surface area contributed by atoms with E-state index in [0.717, 1.165) is 24.6 Å². The lowest BCUT2D eigenvalue weighted by atomic mass is 10.3. The lowest BCUT2D eigenvalue weighted by Crippen LogP contribution is -2.29. The Hall–Kier alpha value is -1.16. The van der Waals surface area contributed by atoms with Crippen LogP contribution in [-0.4, -0.2) is 28.6 Å². The van der Waals surface area contributed by atoms with E-state index in [2.05, 4.69) is 41.0 Å². The van der Waals surface area contributed by atoms with Crippen LogP contribution < -0.4 is 10.2 Å². The highest BCUT2D eigenvalue weighted by Crippen LogP contribution is 2.29. The molecule has 1 saturated carbocycles. The first-order chi connectivity index (χ1) is 9.20. The summed E-state index contributed by atoms with van der Waals surface area (Å²) < 4.78 is 0. The van der Waals surface area contributed by atoms with Crippen LogP contribution in [-0.2, 0) is 6.54 Å². The maximum atomic E-state index is 4.55. The zero-order chi connectivity index (χ0) is 13.7. The van der Waals surface area contributed by atoms with Crippen LogP contribution in [0.25, 0.3) is 0 Å². The van der Waals surface area contributed by atoms with E-state index in [1.165, 1.54) is 25.7 Å². The molecule has 1 fully saturated rings. The predicted octanol–water partition coefficient (Wildman–Crippen LogP) is 2.74. The molecular formula is C15H26N4. The molecule has 2 rings (SSSR count). The first-order valence-corrected chi connectivity index (χ1v) is 7.51. The second kappa shape index (κ2) is 6.85. The molecule has 4 heteroatoms. The maximum absolute atomic E-state index is 4.55. The van der Waals surface area contributed by atoms with Crippen LogP contribution in [0.15, 0.2) is 12.4 Å². The molecule has 1 aromatic heterocycles. The third kappa shape index (κ3) is 4.46. The van der Waals surface area contributed by atoms with Gasteiger partial charge in [0.1, 0.15) is 0 Å². The van der Waals surface area contributed by atoms with Gasteiger partial charge in [0.25, 0.3) is 0 Å². The summed E-state index contributed by atoms with van der Waals surface area (Å²) in [7, 11) is 0. The summed E-state index contributed by atoms with van der Waals surface area (Å²) in [5.41, 5.74) is 1.16. The van der Waals surface area contributed by atoms with E-state index in [0.29, 0.717) is 12.1 Å². The highest BCUT2D eigenvalue weighted by molar-refractivity contribution is 5.34. The second-order valence-electron chi connectivity index (χ2n) is 5.71. The normalized spacial score (nSPS) is 14.9. The summed E-state index contributed by atoms with van der Waals surface area (Å²) in [6.45, 7) is 8.46. The van der Waals surface area contributed by atoms with Crippen molar-refractivity contribution in [2.75, 3.05) is 11.4 Å². The van der Waals surface area contributed by atoms with Crippen molar-refractivity contribution in [1.82, 2.24) is 15.3 Å². The molecule has 0 amide bonds. The standard InChI is InChI=1S/C15H26N4/c1-4-5-8-19(14-6-7-14)15-17-10-13(11-18-15)9-16-12(2)3/h10-12,14,16H,4-9H2,1-3H3. The highest BCUT2D eigenvalue weighted by atomic mass is 15.3. The van der Waals surface area contributed by atoms with Crippen LogP contribution >= 0.6 is 0 Å². The highest BCUT2D eigenvalue weighted by Gasteiger charge is 2.30. The van der Waals surface area contributed by atoms with Crippen molar-refractivity contribution < 1.29 is 0 Å². The van der Waals surface area contributed by atoms with Crippen molar-refractivity contribution in [2.24, 2.45) is 0 Å². The third-order valence-electron chi connectivity index (χ3n) is 3.40. The van der Waals surface area contributed by atoms with Crippen LogP contribution in [0.3, 0.4) is 0 Å². The van der Waals surface area contributed by atoms with Crippen molar-refractivity contribution in [3.63, 3.8) is 0 Å². The number of rotatable bonds is 8. The molecule has 0 unspecified atom stereocenters. The fourth-order valence-corrected chi connectivity index (χ4v) is 2.07. The summed E-state index contributed by atoms with van der Waals surface area (Å²) in [6, 6.07) is 1.18. The Morgan fingerprint density at radius 3 is 2.53 bits per heavy atom. The van der Waals surface area contributed by atoms with Crippen molar-refractivity contribution in [1.29, 1.82) is 0 Å². The Bertz CT molecular complexity index is 370. The number of unbranched alkanes of at least 4 members (excludes halogenated alkanes) is 1. The second-order valence-corrected chi connectivity index (χ2v) is 5.71. The van der Waals surface area contributed by atoms with E-state index in [9.17, 15) is 0 Å². The van der Waals surface area contributed by atoms with Crippen LogP contribution in [0, 0.1) is 0 Å². The zero-order valence-corrected chi connectivity index (χ0v) is 12.4. The van der Waals surface area contributed by atoms with E-state index in [-0.39, 0.29) is 0 Å². The summed E-state index contributed by atoms with van der Waals surface area (Å²) in [6.07, 6.45) is 8.95. The lowest BCUT2D eigenvalue weighted by Gasteiger charge is -2.22. The lowest BCUT2D eigenvalue weighted by molar-refractivity contribution is 0.586. The molecular weight excluding hydrogens is 236 g/mol. The number of hydrogen-bond donors (Lipinski definition) is 1. The monoisotopic (exact) mass is 262 g/mol. The van der Waals surface area contributed by atoms with Gasteiger partial charge in [-0.2, -0.15) is 0 Å². The number of nitrogens with zero attached hydrogens (tertiary/aromatic N) is 3. The minimum absolute atomic E-state index is 0.493. The largest absolute Gasteiger partial charge is 0.338 e. The van der Waals surface area contributed by atoms with E-state index in [1.807, 2.05) is 12.4 Å². The minimum atomic E-state index is 0.493. The van der Waals surface area contributed by atoms with Crippen molar-refractivity contribution >= 4 is 5.95 Å². The molecule has 1 heterocycles. The maximum Gasteiger partial charge on any atom is 0.225 e. The molecule has 1 aromatic rings. The summed E-state index contributed by atoms with van der Waals surface area (Å²) in [5.74, 6) is 0.907. The summed E-state index contributed by atoms with van der Waals surface area (Å²) in [5, 5.41) is 3.39. The average Bonchev–Trinajstić information content (AvgIpc) is 3.23. The van der Waals surface area contributed by atoms with E-state index in [1.54, 1.807) is 0 Å². The van der Waals surface area contributed by atoms with Gasteiger partial charge in [-0.25, -0.2) is 9.97 Å². The molecule has 1 aliphatic carbocycles. The fourth-order valence-electron chi connectivity index (χ4n) is 2.07. The smallest absolute Gasteiger partial charge is 0.225 e. The van der Waals surface area contributed by atoms with E-state index < -0.39 is 0 Å². The molecule has 106 valence electrons. The molecule has 0 radical (unpaired) electrons. The van der Waals surface area contributed by atoms with Gasteiger partial charge < -0.3 is 10.2 Å². The van der Waals surface area contributed by atoms with E-state index in [4.69, 9.17) is 0 Å². The van der Waals surface area contributed by atoms with Gasteiger partial charge in [-0.15, -0.1) is 0 Å². The van der Waals surface area contributed by atoms with Gasteiger partial charge in [0.05, 0.1) is 0 Å². The van der Waals surface area contributed by atoms with Crippen LogP contribution in [0.1, 0.15) is 52.0 Å². The zero-order valence-electron chi connectivity index (χ0n) is 12.4. The minimum Gasteiger partial charge on any atom is -0.338 e. The Balaban J connectivity index is 1.95. The summed E-state index contributed by atoms with van der Waals surface area (Å²) >= 11 is 0. The van der Waals surface area contributed by atoms with Gasteiger partial charge in [-0.3, -0.25) is 0 Å². The van der Waals surface area contributed by atoms with Crippen LogP contribution in [0.5, 0.6) is 0 Å². The predicted molar refractivity (Wildman–Crippen MR) is 79.3 cm³/mol. The SMILES string of the molecule is CCCCN(c1ncc(CNC(C)C)cn1)C1CC1. The number of nitrogens with one attached hydrogen (secondary N) is 1.